The van der Waals surface area contributed by atoms with E-state index in [9.17, 15) is 9.59 Å². The summed E-state index contributed by atoms with van der Waals surface area (Å²) in [6.07, 6.45) is 5.91. The standard InChI is InChI=1S/C12H17NO3/c1-4-5-6-11(14)13-7-9(2)10(8-13)12(15)16-3/h1,9-10H,5-8H2,2-3H3. The van der Waals surface area contributed by atoms with E-state index >= 15 is 0 Å². The maximum Gasteiger partial charge on any atom is 0.310 e. The van der Waals surface area contributed by atoms with Gasteiger partial charge >= 0.3 is 5.97 Å². The van der Waals surface area contributed by atoms with Crippen molar-refractivity contribution in [2.75, 3.05) is 20.2 Å². The number of ether oxygens (including phenoxy) is 1. The van der Waals surface area contributed by atoms with Crippen LogP contribution < -0.4 is 0 Å². The molecule has 4 heteroatoms. The normalized spacial score (nSPS) is 23.9. The van der Waals surface area contributed by atoms with Gasteiger partial charge in [0.2, 0.25) is 5.91 Å². The number of hydrogen-bond acceptors (Lipinski definition) is 3. The fraction of sp³-hybridized carbons (Fsp3) is 0.667. The van der Waals surface area contributed by atoms with E-state index in [2.05, 4.69) is 5.92 Å². The Hall–Kier alpha value is -1.50. The van der Waals surface area contributed by atoms with Crippen molar-refractivity contribution in [3.63, 3.8) is 0 Å². The molecule has 0 aromatic carbocycles. The van der Waals surface area contributed by atoms with Gasteiger partial charge in [-0.2, -0.15) is 0 Å². The van der Waals surface area contributed by atoms with Crippen molar-refractivity contribution in [1.29, 1.82) is 0 Å². The molecule has 1 aliphatic rings. The van der Waals surface area contributed by atoms with Crippen LogP contribution in [0, 0.1) is 24.2 Å². The van der Waals surface area contributed by atoms with E-state index in [1.54, 1.807) is 4.90 Å². The van der Waals surface area contributed by atoms with Crippen LogP contribution >= 0.6 is 0 Å². The van der Waals surface area contributed by atoms with Crippen molar-refractivity contribution in [2.45, 2.75) is 19.8 Å². The minimum absolute atomic E-state index is 0.0243. The number of likely N-dealkylation sites (tertiary alicyclic amines) is 1. The van der Waals surface area contributed by atoms with Gasteiger partial charge in [-0.15, -0.1) is 12.3 Å². The second-order valence-electron chi connectivity index (χ2n) is 4.11. The minimum atomic E-state index is -0.236. The first-order valence-corrected chi connectivity index (χ1v) is 5.39. The molecule has 88 valence electrons. The molecule has 0 aromatic rings. The number of rotatable bonds is 3. The SMILES string of the molecule is C#CCCC(=O)N1CC(C)C(C(=O)OC)C1. The quantitative estimate of drug-likeness (QED) is 0.522. The molecule has 1 aliphatic heterocycles. The van der Waals surface area contributed by atoms with E-state index in [0.29, 0.717) is 25.9 Å². The van der Waals surface area contributed by atoms with Crippen LogP contribution in [-0.4, -0.2) is 37.0 Å². The number of esters is 1. The van der Waals surface area contributed by atoms with Gasteiger partial charge in [0, 0.05) is 25.9 Å². The molecule has 0 aliphatic carbocycles. The van der Waals surface area contributed by atoms with Gasteiger partial charge in [0.1, 0.15) is 0 Å². The molecule has 0 spiro atoms. The molecule has 1 fully saturated rings. The Kier molecular flexibility index (Phi) is 4.36. The van der Waals surface area contributed by atoms with Gasteiger partial charge in [0.25, 0.3) is 0 Å². The van der Waals surface area contributed by atoms with Gasteiger partial charge in [-0.3, -0.25) is 9.59 Å². The van der Waals surface area contributed by atoms with Gasteiger partial charge in [0.05, 0.1) is 13.0 Å². The number of nitrogens with zero attached hydrogens (tertiary/aromatic N) is 1. The molecule has 0 bridgehead atoms. The fourth-order valence-corrected chi connectivity index (χ4v) is 1.97. The average molecular weight is 223 g/mol. The molecule has 0 saturated carbocycles. The van der Waals surface area contributed by atoms with Crippen molar-refractivity contribution in [2.24, 2.45) is 11.8 Å². The summed E-state index contributed by atoms with van der Waals surface area (Å²) in [6, 6.07) is 0. The van der Waals surface area contributed by atoms with Gasteiger partial charge in [0.15, 0.2) is 0 Å². The van der Waals surface area contributed by atoms with Crippen LogP contribution in [0.3, 0.4) is 0 Å². The number of carbonyl (C=O) groups is 2. The highest BCUT2D eigenvalue weighted by molar-refractivity contribution is 5.79. The van der Waals surface area contributed by atoms with E-state index in [1.165, 1.54) is 7.11 Å². The molecule has 2 unspecified atom stereocenters. The van der Waals surface area contributed by atoms with E-state index in [1.807, 2.05) is 6.92 Å². The Bertz CT molecular complexity index is 319. The molecule has 4 nitrogen and oxygen atoms in total. The van der Waals surface area contributed by atoms with Gasteiger partial charge in [-0.1, -0.05) is 6.92 Å². The molecular weight excluding hydrogens is 206 g/mol. The van der Waals surface area contributed by atoms with Crippen LogP contribution in [0.4, 0.5) is 0 Å². The third-order valence-electron chi connectivity index (χ3n) is 2.95. The van der Waals surface area contributed by atoms with Gasteiger partial charge in [-0.25, -0.2) is 0 Å². The van der Waals surface area contributed by atoms with Gasteiger partial charge < -0.3 is 9.64 Å². The van der Waals surface area contributed by atoms with Crippen LogP contribution in [0.15, 0.2) is 0 Å². The predicted molar refractivity (Wildman–Crippen MR) is 59.3 cm³/mol. The van der Waals surface area contributed by atoms with Crippen LogP contribution in [0.1, 0.15) is 19.8 Å². The summed E-state index contributed by atoms with van der Waals surface area (Å²) >= 11 is 0. The zero-order valence-corrected chi connectivity index (χ0v) is 9.73. The zero-order valence-electron chi connectivity index (χ0n) is 9.73. The monoisotopic (exact) mass is 223 g/mol. The summed E-state index contributed by atoms with van der Waals surface area (Å²) in [4.78, 5) is 24.8. The Morgan fingerprint density at radius 2 is 2.19 bits per heavy atom. The molecular formula is C12H17NO3. The van der Waals surface area contributed by atoms with Crippen molar-refractivity contribution in [1.82, 2.24) is 4.90 Å². The van der Waals surface area contributed by atoms with Crippen LogP contribution in [-0.2, 0) is 14.3 Å². The molecule has 1 saturated heterocycles. The molecule has 1 rings (SSSR count). The van der Waals surface area contributed by atoms with Crippen LogP contribution in [0.2, 0.25) is 0 Å². The lowest BCUT2D eigenvalue weighted by molar-refractivity contribution is -0.146. The highest BCUT2D eigenvalue weighted by Gasteiger charge is 2.37. The molecule has 2 atom stereocenters. The Morgan fingerprint density at radius 3 is 2.75 bits per heavy atom. The maximum absolute atomic E-state index is 11.7. The summed E-state index contributed by atoms with van der Waals surface area (Å²) in [5, 5.41) is 0. The van der Waals surface area contributed by atoms with Gasteiger partial charge in [-0.05, 0) is 5.92 Å². The Morgan fingerprint density at radius 1 is 1.50 bits per heavy atom. The Balaban J connectivity index is 2.53. The van der Waals surface area contributed by atoms with E-state index in [-0.39, 0.29) is 23.7 Å². The maximum atomic E-state index is 11.7. The lowest BCUT2D eigenvalue weighted by atomic mass is 9.99. The van der Waals surface area contributed by atoms with E-state index in [4.69, 9.17) is 11.2 Å². The fourth-order valence-electron chi connectivity index (χ4n) is 1.97. The third-order valence-corrected chi connectivity index (χ3v) is 2.95. The Labute approximate surface area is 95.9 Å². The summed E-state index contributed by atoms with van der Waals surface area (Å²) in [6.45, 7) is 3.02. The zero-order chi connectivity index (χ0) is 12.1. The number of amides is 1. The lowest BCUT2D eigenvalue weighted by Crippen LogP contribution is -2.29. The van der Waals surface area contributed by atoms with Crippen molar-refractivity contribution in [3.05, 3.63) is 0 Å². The van der Waals surface area contributed by atoms with E-state index in [0.717, 1.165) is 0 Å². The average Bonchev–Trinajstić information content (AvgIpc) is 2.67. The predicted octanol–water partition coefficient (Wildman–Crippen LogP) is 0.667. The molecule has 1 heterocycles. The molecule has 0 aromatic heterocycles. The first-order valence-electron chi connectivity index (χ1n) is 5.39. The molecule has 1 amide bonds. The topological polar surface area (TPSA) is 46.6 Å². The van der Waals surface area contributed by atoms with Crippen molar-refractivity contribution < 1.29 is 14.3 Å². The minimum Gasteiger partial charge on any atom is -0.469 e. The number of hydrogen-bond donors (Lipinski definition) is 0. The smallest absolute Gasteiger partial charge is 0.310 e. The largest absolute Gasteiger partial charge is 0.469 e. The number of terminal acetylenes is 1. The number of methoxy groups -OCH3 is 1. The van der Waals surface area contributed by atoms with E-state index < -0.39 is 0 Å². The second kappa shape index (κ2) is 5.55. The highest BCUT2D eigenvalue weighted by Crippen LogP contribution is 2.24. The molecule has 16 heavy (non-hydrogen) atoms. The van der Waals surface area contributed by atoms with Crippen molar-refractivity contribution in [3.8, 4) is 12.3 Å². The lowest BCUT2D eigenvalue weighted by Gasteiger charge is -2.15. The summed E-state index contributed by atoms with van der Waals surface area (Å²) in [5.41, 5.74) is 0. The second-order valence-corrected chi connectivity index (χ2v) is 4.11. The third kappa shape index (κ3) is 2.75. The van der Waals surface area contributed by atoms with Crippen LogP contribution in [0.25, 0.3) is 0 Å². The van der Waals surface area contributed by atoms with Crippen LogP contribution in [0.5, 0.6) is 0 Å². The number of carbonyl (C=O) groups excluding carboxylic acids is 2. The van der Waals surface area contributed by atoms with Crippen molar-refractivity contribution >= 4 is 11.9 Å². The molecule has 0 radical (unpaired) electrons. The summed E-state index contributed by atoms with van der Waals surface area (Å²) in [5.74, 6) is 2.19. The first kappa shape index (κ1) is 12.6. The molecule has 0 N–H and O–H groups in total. The summed E-state index contributed by atoms with van der Waals surface area (Å²) < 4.78 is 4.70. The summed E-state index contributed by atoms with van der Waals surface area (Å²) in [7, 11) is 1.37. The first-order chi connectivity index (χ1) is 7.60. The highest BCUT2D eigenvalue weighted by atomic mass is 16.5.